The van der Waals surface area contributed by atoms with Crippen molar-refractivity contribution < 1.29 is 0 Å². The van der Waals surface area contributed by atoms with Crippen molar-refractivity contribution in [3.8, 4) is 0 Å². The molecule has 2 aromatic carbocycles. The van der Waals surface area contributed by atoms with Crippen molar-refractivity contribution in [3.05, 3.63) is 48.9 Å². The average Bonchev–Trinajstić information content (AvgIpc) is 2.44. The van der Waals surface area contributed by atoms with E-state index in [0.717, 1.165) is 4.90 Å². The van der Waals surface area contributed by atoms with Crippen LogP contribution in [0.1, 0.15) is 0 Å². The van der Waals surface area contributed by atoms with Gasteiger partial charge in [-0.2, -0.15) is 0 Å². The molecule has 0 saturated heterocycles. The normalized spacial score (nSPS) is 10.9. The highest BCUT2D eigenvalue weighted by Crippen LogP contribution is 2.17. The Morgan fingerprint density at radius 2 is 1.57 bits per heavy atom. The monoisotopic (exact) mass is 206 g/mol. The molecule has 0 radical (unpaired) electrons. The molecule has 0 amide bonds. The Bertz CT molecular complexity index is 636. The standard InChI is InChI=1S/C10H6O3S/c1-14-5-2-3-6-7(4-5)9(12)10(13)8(6)11/h2-4H,1H3. The third-order valence-electron chi connectivity index (χ3n) is 2.13. The van der Waals surface area contributed by atoms with Gasteiger partial charge in [0.25, 0.3) is 5.43 Å². The fourth-order valence-electron chi connectivity index (χ4n) is 1.38. The van der Waals surface area contributed by atoms with Gasteiger partial charge in [0.2, 0.25) is 10.9 Å². The molecule has 0 aliphatic heterocycles. The number of hydrogen-bond acceptors (Lipinski definition) is 4. The Balaban J connectivity index is 3.04. The van der Waals surface area contributed by atoms with Gasteiger partial charge >= 0.3 is 0 Å². The SMILES string of the molecule is CSc1ccc2c(=O)c(=O)c(=O)c2c1. The van der Waals surface area contributed by atoms with Crippen LogP contribution in [0.3, 0.4) is 0 Å². The molecule has 0 N–H and O–H groups in total. The van der Waals surface area contributed by atoms with Crippen LogP contribution >= 0.6 is 11.8 Å². The summed E-state index contributed by atoms with van der Waals surface area (Å²) in [6.45, 7) is 0. The third kappa shape index (κ3) is 1.11. The van der Waals surface area contributed by atoms with E-state index in [2.05, 4.69) is 0 Å². The highest BCUT2D eigenvalue weighted by Gasteiger charge is 2.11. The van der Waals surface area contributed by atoms with E-state index in [1.807, 2.05) is 6.26 Å². The van der Waals surface area contributed by atoms with Crippen molar-refractivity contribution in [3.63, 3.8) is 0 Å². The summed E-state index contributed by atoms with van der Waals surface area (Å²) in [5, 5.41) is 0.477. The number of thioether (sulfide) groups is 1. The molecule has 2 aromatic rings. The van der Waals surface area contributed by atoms with Gasteiger partial charge in [0.05, 0.1) is 0 Å². The fraction of sp³-hybridized carbons (Fsp3) is 0.100. The second kappa shape index (κ2) is 3.06. The van der Waals surface area contributed by atoms with Crippen LogP contribution in [0, 0.1) is 0 Å². The first kappa shape index (κ1) is 9.15. The van der Waals surface area contributed by atoms with Gasteiger partial charge in [-0.05, 0) is 24.5 Å². The van der Waals surface area contributed by atoms with E-state index < -0.39 is 16.3 Å². The van der Waals surface area contributed by atoms with Crippen molar-refractivity contribution in [2.45, 2.75) is 4.90 Å². The number of rotatable bonds is 1. The largest absolute Gasteiger partial charge is 0.285 e. The molecule has 0 heterocycles. The molecule has 14 heavy (non-hydrogen) atoms. The Morgan fingerprint density at radius 3 is 2.21 bits per heavy atom. The zero-order valence-electron chi connectivity index (χ0n) is 7.37. The third-order valence-corrected chi connectivity index (χ3v) is 2.85. The summed E-state index contributed by atoms with van der Waals surface area (Å²) in [6.07, 6.45) is 1.87. The van der Waals surface area contributed by atoms with Gasteiger partial charge in [-0.25, -0.2) is 0 Å². The van der Waals surface area contributed by atoms with Crippen molar-refractivity contribution in [2.24, 2.45) is 0 Å². The molecular weight excluding hydrogens is 200 g/mol. The first-order valence-corrected chi connectivity index (χ1v) is 5.19. The van der Waals surface area contributed by atoms with Gasteiger partial charge in [0.1, 0.15) is 0 Å². The molecule has 0 aromatic heterocycles. The summed E-state index contributed by atoms with van der Waals surface area (Å²) in [7, 11) is 0. The lowest BCUT2D eigenvalue weighted by molar-refractivity contribution is 1.51. The predicted octanol–water partition coefficient (Wildman–Crippen LogP) is 0.518. The maximum Gasteiger partial charge on any atom is 0.273 e. The van der Waals surface area contributed by atoms with E-state index in [9.17, 15) is 14.4 Å². The molecule has 0 unspecified atom stereocenters. The molecule has 0 bridgehead atoms. The van der Waals surface area contributed by atoms with E-state index in [1.54, 1.807) is 12.1 Å². The van der Waals surface area contributed by atoms with Gasteiger partial charge in [0, 0.05) is 15.7 Å². The predicted molar refractivity (Wildman–Crippen MR) is 56.9 cm³/mol. The lowest BCUT2D eigenvalue weighted by Gasteiger charge is -1.93. The van der Waals surface area contributed by atoms with E-state index in [-0.39, 0.29) is 10.8 Å². The highest BCUT2D eigenvalue weighted by molar-refractivity contribution is 7.98. The van der Waals surface area contributed by atoms with Crippen LogP contribution in [-0.2, 0) is 0 Å². The van der Waals surface area contributed by atoms with E-state index >= 15 is 0 Å². The second-order valence-electron chi connectivity index (χ2n) is 2.90. The highest BCUT2D eigenvalue weighted by atomic mass is 32.2. The lowest BCUT2D eigenvalue weighted by atomic mass is 10.2. The molecule has 4 heteroatoms. The first-order chi connectivity index (χ1) is 6.65. The summed E-state index contributed by atoms with van der Waals surface area (Å²) in [4.78, 5) is 34.5. The van der Waals surface area contributed by atoms with Gasteiger partial charge in [-0.15, -0.1) is 11.8 Å². The van der Waals surface area contributed by atoms with Gasteiger partial charge in [-0.1, -0.05) is 0 Å². The summed E-state index contributed by atoms with van der Waals surface area (Å²) in [5.74, 6) is 0. The zero-order chi connectivity index (χ0) is 10.3. The van der Waals surface area contributed by atoms with Crippen LogP contribution in [0.2, 0.25) is 0 Å². The van der Waals surface area contributed by atoms with Gasteiger partial charge in [0.15, 0.2) is 0 Å². The molecule has 0 aliphatic rings. The minimum absolute atomic E-state index is 0.234. The van der Waals surface area contributed by atoms with Crippen LogP contribution in [-0.4, -0.2) is 6.26 Å². The summed E-state index contributed by atoms with van der Waals surface area (Å²) in [5.41, 5.74) is -2.28. The van der Waals surface area contributed by atoms with Crippen LogP contribution in [0.25, 0.3) is 10.8 Å². The van der Waals surface area contributed by atoms with Crippen molar-refractivity contribution in [1.82, 2.24) is 0 Å². The van der Waals surface area contributed by atoms with E-state index in [4.69, 9.17) is 0 Å². The molecule has 2 rings (SSSR count). The molecule has 0 saturated carbocycles. The number of hydrogen-bond donors (Lipinski definition) is 0. The second-order valence-corrected chi connectivity index (χ2v) is 3.78. The Labute approximate surface area is 83.1 Å². The smallest absolute Gasteiger partial charge is 0.273 e. The van der Waals surface area contributed by atoms with Crippen LogP contribution in [0.4, 0.5) is 0 Å². The zero-order valence-corrected chi connectivity index (χ0v) is 8.18. The minimum Gasteiger partial charge on any atom is -0.285 e. The van der Waals surface area contributed by atoms with Gasteiger partial charge < -0.3 is 0 Å². The van der Waals surface area contributed by atoms with Gasteiger partial charge in [-0.3, -0.25) is 14.4 Å². The van der Waals surface area contributed by atoms with Crippen LogP contribution < -0.4 is 16.3 Å². The Kier molecular flexibility index (Phi) is 2.00. The Hall–Kier alpha value is -1.42. The fourth-order valence-corrected chi connectivity index (χ4v) is 1.82. The van der Waals surface area contributed by atoms with Crippen molar-refractivity contribution in [1.29, 1.82) is 0 Å². The lowest BCUT2D eigenvalue weighted by Crippen LogP contribution is -2.29. The van der Waals surface area contributed by atoms with Crippen LogP contribution in [0.5, 0.6) is 0 Å². The number of fused-ring (bicyclic) bond motifs is 1. The molecule has 0 spiro atoms. The van der Waals surface area contributed by atoms with Crippen molar-refractivity contribution >= 4 is 22.5 Å². The summed E-state index contributed by atoms with van der Waals surface area (Å²) < 4.78 is 0. The first-order valence-electron chi connectivity index (χ1n) is 3.96. The average molecular weight is 206 g/mol. The quantitative estimate of drug-likeness (QED) is 0.504. The molecule has 3 nitrogen and oxygen atoms in total. The topological polar surface area (TPSA) is 51.2 Å². The molecule has 0 atom stereocenters. The number of benzene rings is 1. The molecule has 0 fully saturated rings. The van der Waals surface area contributed by atoms with Crippen LogP contribution in [0.15, 0.2) is 37.5 Å². The molecule has 70 valence electrons. The van der Waals surface area contributed by atoms with E-state index in [1.165, 1.54) is 17.8 Å². The van der Waals surface area contributed by atoms with Crippen molar-refractivity contribution in [2.75, 3.05) is 6.26 Å². The van der Waals surface area contributed by atoms with E-state index in [0.29, 0.717) is 0 Å². The maximum absolute atomic E-state index is 11.3. The molecular formula is C10H6O3S. The Morgan fingerprint density at radius 1 is 0.929 bits per heavy atom. The summed E-state index contributed by atoms with van der Waals surface area (Å²) >= 11 is 1.46. The maximum atomic E-state index is 11.3. The summed E-state index contributed by atoms with van der Waals surface area (Å²) in [6, 6.07) is 4.85. The minimum atomic E-state index is -0.918. The molecule has 0 aliphatic carbocycles.